The van der Waals surface area contributed by atoms with E-state index in [1.165, 1.54) is 0 Å². The highest BCUT2D eigenvalue weighted by Crippen LogP contribution is 2.05. The molecule has 1 unspecified atom stereocenters. The minimum Gasteiger partial charge on any atom is -0.481 e. The molecule has 2 N–H and O–H groups in total. The molecule has 66 valence electrons. The number of aliphatic imine (C=N–C) groups is 1. The first-order valence-electron chi connectivity index (χ1n) is 3.85. The highest BCUT2D eigenvalue weighted by Gasteiger charge is 2.16. The normalized spacial score (nSPS) is 21.3. The Balaban J connectivity index is 2.42. The second-order valence-electron chi connectivity index (χ2n) is 2.71. The van der Waals surface area contributed by atoms with Gasteiger partial charge in [0.1, 0.15) is 12.3 Å². The van der Waals surface area contributed by atoms with Gasteiger partial charge >= 0.3 is 5.97 Å². The number of nitrogens with zero attached hydrogens (tertiary/aromatic N) is 1. The molecular weight excluding hydrogens is 156 g/mol. The van der Waals surface area contributed by atoms with E-state index in [0.717, 1.165) is 13.0 Å². The summed E-state index contributed by atoms with van der Waals surface area (Å²) in [6.45, 7) is 4.33. The Labute approximate surface area is 71.0 Å². The fourth-order valence-electron chi connectivity index (χ4n) is 1.13. The van der Waals surface area contributed by atoms with Crippen LogP contribution in [0.25, 0.3) is 0 Å². The summed E-state index contributed by atoms with van der Waals surface area (Å²) in [5, 5.41) is 11.4. The summed E-state index contributed by atoms with van der Waals surface area (Å²) in [7, 11) is 0. The molecular formula is C8H12N2O2. The van der Waals surface area contributed by atoms with Gasteiger partial charge in [-0.2, -0.15) is 0 Å². The van der Waals surface area contributed by atoms with Crippen LogP contribution in [-0.4, -0.2) is 29.5 Å². The molecule has 4 nitrogen and oxygen atoms in total. The molecule has 0 aliphatic carbocycles. The maximum Gasteiger partial charge on any atom is 0.310 e. The fourth-order valence-corrected chi connectivity index (χ4v) is 1.13. The molecule has 0 saturated heterocycles. The first kappa shape index (κ1) is 8.77. The third kappa shape index (κ3) is 2.38. The minimum absolute atomic E-state index is 0.00631. The molecule has 0 radical (unpaired) electrons. The van der Waals surface area contributed by atoms with Crippen molar-refractivity contribution in [2.24, 2.45) is 4.99 Å². The molecule has 12 heavy (non-hydrogen) atoms. The lowest BCUT2D eigenvalue weighted by molar-refractivity contribution is -0.135. The van der Waals surface area contributed by atoms with Gasteiger partial charge in [0, 0.05) is 6.54 Å². The number of hydrogen-bond donors (Lipinski definition) is 2. The zero-order chi connectivity index (χ0) is 8.97. The van der Waals surface area contributed by atoms with Crippen LogP contribution in [0.15, 0.2) is 17.6 Å². The summed E-state index contributed by atoms with van der Waals surface area (Å²) in [5.74, 6) is -0.269. The molecule has 1 atom stereocenters. The third-order valence-electron chi connectivity index (χ3n) is 1.64. The van der Waals surface area contributed by atoms with Gasteiger partial charge in [0.25, 0.3) is 0 Å². The SMILES string of the molecule is C=CCC1CNC(CC(=O)O)=N1. The van der Waals surface area contributed by atoms with E-state index >= 15 is 0 Å². The fraction of sp³-hybridized carbons (Fsp3) is 0.500. The van der Waals surface area contributed by atoms with E-state index in [1.807, 2.05) is 0 Å². The molecule has 1 aliphatic heterocycles. The van der Waals surface area contributed by atoms with E-state index < -0.39 is 5.97 Å². The van der Waals surface area contributed by atoms with E-state index in [2.05, 4.69) is 16.9 Å². The maximum absolute atomic E-state index is 10.3. The second kappa shape index (κ2) is 3.90. The van der Waals surface area contributed by atoms with E-state index in [-0.39, 0.29) is 12.5 Å². The van der Waals surface area contributed by atoms with Crippen LogP contribution in [0.2, 0.25) is 0 Å². The van der Waals surface area contributed by atoms with Gasteiger partial charge in [0.05, 0.1) is 6.04 Å². The van der Waals surface area contributed by atoms with Crippen molar-refractivity contribution in [3.05, 3.63) is 12.7 Å². The average molecular weight is 168 g/mol. The minimum atomic E-state index is -0.847. The molecule has 0 amide bonds. The number of amidine groups is 1. The van der Waals surface area contributed by atoms with Gasteiger partial charge in [0.15, 0.2) is 0 Å². The zero-order valence-electron chi connectivity index (χ0n) is 6.79. The van der Waals surface area contributed by atoms with Gasteiger partial charge in [-0.25, -0.2) is 0 Å². The highest BCUT2D eigenvalue weighted by molar-refractivity contribution is 5.97. The third-order valence-corrected chi connectivity index (χ3v) is 1.64. The van der Waals surface area contributed by atoms with Gasteiger partial charge in [-0.05, 0) is 6.42 Å². The Bertz CT molecular complexity index is 223. The summed E-state index contributed by atoms with van der Waals surface area (Å²) in [5.41, 5.74) is 0. The van der Waals surface area contributed by atoms with E-state index in [4.69, 9.17) is 5.11 Å². The lowest BCUT2D eigenvalue weighted by atomic mass is 10.2. The van der Waals surface area contributed by atoms with Crippen molar-refractivity contribution in [1.29, 1.82) is 0 Å². The second-order valence-corrected chi connectivity index (χ2v) is 2.71. The Hall–Kier alpha value is -1.32. The Morgan fingerprint density at radius 1 is 1.92 bits per heavy atom. The monoisotopic (exact) mass is 168 g/mol. The number of aliphatic carboxylic acids is 1. The van der Waals surface area contributed by atoms with E-state index in [9.17, 15) is 4.79 Å². The Kier molecular flexibility index (Phi) is 2.85. The van der Waals surface area contributed by atoms with Crippen molar-refractivity contribution in [3.8, 4) is 0 Å². The molecule has 0 bridgehead atoms. The van der Waals surface area contributed by atoms with Crippen LogP contribution in [0.1, 0.15) is 12.8 Å². The number of nitrogens with one attached hydrogen (secondary N) is 1. The van der Waals surface area contributed by atoms with Crippen LogP contribution in [0, 0.1) is 0 Å². The van der Waals surface area contributed by atoms with Crippen molar-refractivity contribution >= 4 is 11.8 Å². The highest BCUT2D eigenvalue weighted by atomic mass is 16.4. The van der Waals surface area contributed by atoms with E-state index in [1.54, 1.807) is 6.08 Å². The van der Waals surface area contributed by atoms with Crippen molar-refractivity contribution in [1.82, 2.24) is 5.32 Å². The molecule has 1 heterocycles. The Morgan fingerprint density at radius 3 is 3.25 bits per heavy atom. The van der Waals surface area contributed by atoms with Gasteiger partial charge in [-0.15, -0.1) is 6.58 Å². The average Bonchev–Trinajstić information content (AvgIpc) is 2.36. The molecule has 4 heteroatoms. The first-order valence-corrected chi connectivity index (χ1v) is 3.85. The molecule has 0 aromatic heterocycles. The van der Waals surface area contributed by atoms with Crippen LogP contribution in [-0.2, 0) is 4.79 Å². The predicted molar refractivity (Wildman–Crippen MR) is 46.3 cm³/mol. The number of carboxylic acid groups (broad SMARTS) is 1. The first-order chi connectivity index (χ1) is 5.72. The van der Waals surface area contributed by atoms with Gasteiger partial charge < -0.3 is 10.4 Å². The lowest BCUT2D eigenvalue weighted by Gasteiger charge is -1.98. The summed E-state index contributed by atoms with van der Waals surface area (Å²) >= 11 is 0. The molecule has 1 aliphatic rings. The summed E-state index contributed by atoms with van der Waals surface area (Å²) in [4.78, 5) is 14.5. The molecule has 0 fully saturated rings. The molecule has 0 saturated carbocycles. The maximum atomic E-state index is 10.3. The van der Waals surface area contributed by atoms with E-state index in [0.29, 0.717) is 5.84 Å². The molecule has 0 aromatic rings. The van der Waals surface area contributed by atoms with Crippen molar-refractivity contribution in [3.63, 3.8) is 0 Å². The van der Waals surface area contributed by atoms with Crippen LogP contribution >= 0.6 is 0 Å². The topological polar surface area (TPSA) is 61.7 Å². The van der Waals surface area contributed by atoms with Crippen molar-refractivity contribution < 1.29 is 9.90 Å². The van der Waals surface area contributed by atoms with Gasteiger partial charge in [-0.3, -0.25) is 9.79 Å². The number of hydrogen-bond acceptors (Lipinski definition) is 3. The standard InChI is InChI=1S/C8H12N2O2/c1-2-3-6-5-9-7(10-6)4-8(11)12/h2,6H,1,3-5H2,(H,9,10)(H,11,12). The summed E-state index contributed by atoms with van der Waals surface area (Å²) in [6, 6.07) is 0.178. The largest absolute Gasteiger partial charge is 0.481 e. The predicted octanol–water partition coefficient (Wildman–Crippen LogP) is 0.407. The Morgan fingerprint density at radius 2 is 2.67 bits per heavy atom. The van der Waals surface area contributed by atoms with Gasteiger partial charge in [0.2, 0.25) is 0 Å². The number of carbonyl (C=O) groups is 1. The number of carboxylic acids is 1. The van der Waals surface area contributed by atoms with Crippen LogP contribution in [0.4, 0.5) is 0 Å². The van der Waals surface area contributed by atoms with Crippen LogP contribution in [0.5, 0.6) is 0 Å². The van der Waals surface area contributed by atoms with Crippen molar-refractivity contribution in [2.45, 2.75) is 18.9 Å². The molecule has 0 spiro atoms. The smallest absolute Gasteiger partial charge is 0.310 e. The lowest BCUT2D eigenvalue weighted by Crippen LogP contribution is -2.22. The summed E-state index contributed by atoms with van der Waals surface area (Å²) in [6.07, 6.45) is 2.59. The van der Waals surface area contributed by atoms with Gasteiger partial charge in [-0.1, -0.05) is 6.08 Å². The van der Waals surface area contributed by atoms with Crippen molar-refractivity contribution in [2.75, 3.05) is 6.54 Å². The summed E-state index contributed by atoms with van der Waals surface area (Å²) < 4.78 is 0. The zero-order valence-corrected chi connectivity index (χ0v) is 6.79. The number of rotatable bonds is 4. The molecule has 0 aromatic carbocycles. The quantitative estimate of drug-likeness (QED) is 0.597. The van der Waals surface area contributed by atoms with Crippen LogP contribution in [0.3, 0.4) is 0 Å². The van der Waals surface area contributed by atoms with Crippen LogP contribution < -0.4 is 5.32 Å². The molecule has 1 rings (SSSR count).